The highest BCUT2D eigenvalue weighted by atomic mass is 32.1. The average Bonchev–Trinajstić information content (AvgIpc) is 3.44. The first-order valence-electron chi connectivity index (χ1n) is 14.1. The maximum atomic E-state index is 5.56. The molecular formula is C39H27NOS. The summed E-state index contributed by atoms with van der Waals surface area (Å²) in [5.74, 6) is 0.839. The van der Waals surface area contributed by atoms with Gasteiger partial charge in [-0.15, -0.1) is 11.3 Å². The van der Waals surface area contributed by atoms with E-state index >= 15 is 0 Å². The van der Waals surface area contributed by atoms with Crippen LogP contribution in [-0.2, 0) is 0 Å². The van der Waals surface area contributed by atoms with Crippen LogP contribution in [0.4, 0.5) is 17.1 Å². The van der Waals surface area contributed by atoms with E-state index in [2.05, 4.69) is 138 Å². The number of hydrogen-bond acceptors (Lipinski definition) is 3. The lowest BCUT2D eigenvalue weighted by atomic mass is 9.91. The van der Waals surface area contributed by atoms with Crippen molar-refractivity contribution in [1.29, 1.82) is 0 Å². The molecule has 8 aromatic rings. The van der Waals surface area contributed by atoms with Crippen molar-refractivity contribution in [3.63, 3.8) is 0 Å². The Morgan fingerprint density at radius 3 is 1.95 bits per heavy atom. The summed E-state index contributed by atoms with van der Waals surface area (Å²) in [6, 6.07) is 52.4. The van der Waals surface area contributed by atoms with Gasteiger partial charge in [0.05, 0.1) is 18.5 Å². The molecule has 3 heteroatoms. The molecule has 1 heterocycles. The minimum absolute atomic E-state index is 0.839. The molecule has 0 amide bonds. The maximum Gasteiger partial charge on any atom is 0.119 e. The molecule has 1 aromatic heterocycles. The van der Waals surface area contributed by atoms with Crippen LogP contribution in [0.2, 0.25) is 0 Å². The number of methoxy groups -OCH3 is 1. The molecule has 2 nitrogen and oxygen atoms in total. The predicted octanol–water partition coefficient (Wildman–Crippen LogP) is 11.5. The number of thiophene rings is 1. The van der Waals surface area contributed by atoms with E-state index in [4.69, 9.17) is 4.74 Å². The standard InChI is InChI=1S/C39H27NOS/c1-41-29-23-21-28(22-24-29)40(34-17-9-19-37-39(34)33-15-6-7-18-36(33)42-37)35-25-20-27-11-3-5-14-31(27)38(35)32-16-8-12-26-10-2-4-13-30(26)32/h2-25H,1H3. The lowest BCUT2D eigenvalue weighted by molar-refractivity contribution is 0.415. The summed E-state index contributed by atoms with van der Waals surface area (Å²) in [7, 11) is 1.72. The maximum absolute atomic E-state index is 5.56. The zero-order valence-electron chi connectivity index (χ0n) is 23.1. The molecule has 200 valence electrons. The van der Waals surface area contributed by atoms with Crippen LogP contribution in [0.15, 0.2) is 146 Å². The minimum Gasteiger partial charge on any atom is -0.497 e. The van der Waals surface area contributed by atoms with Crippen molar-refractivity contribution in [2.45, 2.75) is 0 Å². The number of nitrogens with zero attached hydrogens (tertiary/aromatic N) is 1. The zero-order valence-corrected chi connectivity index (χ0v) is 23.9. The van der Waals surface area contributed by atoms with Gasteiger partial charge >= 0.3 is 0 Å². The second-order valence-electron chi connectivity index (χ2n) is 10.5. The largest absolute Gasteiger partial charge is 0.497 e. The lowest BCUT2D eigenvalue weighted by Crippen LogP contribution is -2.12. The molecule has 0 bridgehead atoms. The van der Waals surface area contributed by atoms with Crippen molar-refractivity contribution in [3.05, 3.63) is 146 Å². The highest BCUT2D eigenvalue weighted by molar-refractivity contribution is 7.26. The van der Waals surface area contributed by atoms with E-state index in [1.54, 1.807) is 7.11 Å². The highest BCUT2D eigenvalue weighted by Crippen LogP contribution is 2.49. The van der Waals surface area contributed by atoms with Crippen molar-refractivity contribution in [3.8, 4) is 16.9 Å². The van der Waals surface area contributed by atoms with E-state index in [-0.39, 0.29) is 0 Å². The third-order valence-electron chi connectivity index (χ3n) is 8.16. The Morgan fingerprint density at radius 2 is 1.14 bits per heavy atom. The van der Waals surface area contributed by atoms with E-state index < -0.39 is 0 Å². The number of benzene rings is 7. The molecule has 0 spiro atoms. The molecule has 7 aromatic carbocycles. The number of fused-ring (bicyclic) bond motifs is 5. The van der Waals surface area contributed by atoms with Crippen molar-refractivity contribution in [2.24, 2.45) is 0 Å². The number of ether oxygens (including phenoxy) is 1. The zero-order chi connectivity index (χ0) is 28.0. The van der Waals surface area contributed by atoms with E-state index in [1.807, 2.05) is 23.5 Å². The molecule has 0 fully saturated rings. The van der Waals surface area contributed by atoms with Crippen LogP contribution in [0.3, 0.4) is 0 Å². The second-order valence-corrected chi connectivity index (χ2v) is 11.6. The first kappa shape index (κ1) is 24.7. The fraction of sp³-hybridized carbons (Fsp3) is 0.0256. The molecule has 42 heavy (non-hydrogen) atoms. The Labute approximate surface area is 248 Å². The van der Waals surface area contributed by atoms with Gasteiger partial charge in [-0.2, -0.15) is 0 Å². The van der Waals surface area contributed by atoms with Crippen LogP contribution in [-0.4, -0.2) is 7.11 Å². The van der Waals surface area contributed by atoms with Gasteiger partial charge in [0.25, 0.3) is 0 Å². The van der Waals surface area contributed by atoms with Crippen LogP contribution in [0.5, 0.6) is 5.75 Å². The predicted molar refractivity (Wildman–Crippen MR) is 181 cm³/mol. The summed E-state index contributed by atoms with van der Waals surface area (Å²) in [5.41, 5.74) is 5.82. The van der Waals surface area contributed by atoms with Gasteiger partial charge in [0.2, 0.25) is 0 Å². The van der Waals surface area contributed by atoms with Gasteiger partial charge in [0.15, 0.2) is 0 Å². The van der Waals surface area contributed by atoms with Crippen molar-refractivity contribution in [1.82, 2.24) is 0 Å². The second kappa shape index (κ2) is 10.1. The molecule has 0 atom stereocenters. The van der Waals surface area contributed by atoms with Gasteiger partial charge in [-0.1, -0.05) is 97.1 Å². The Balaban J connectivity index is 1.51. The lowest BCUT2D eigenvalue weighted by Gasteiger charge is -2.30. The summed E-state index contributed by atoms with van der Waals surface area (Å²) in [4.78, 5) is 2.43. The molecule has 0 aliphatic rings. The van der Waals surface area contributed by atoms with Crippen LogP contribution in [0.1, 0.15) is 0 Å². The minimum atomic E-state index is 0.839. The Bertz CT molecular complexity index is 2240. The van der Waals surface area contributed by atoms with Gasteiger partial charge in [-0.05, 0) is 75.6 Å². The molecule has 0 aliphatic heterocycles. The summed E-state index contributed by atoms with van der Waals surface area (Å²) in [6.45, 7) is 0. The summed E-state index contributed by atoms with van der Waals surface area (Å²) in [5, 5.41) is 7.47. The van der Waals surface area contributed by atoms with E-state index in [9.17, 15) is 0 Å². The summed E-state index contributed by atoms with van der Waals surface area (Å²) in [6.07, 6.45) is 0. The van der Waals surface area contributed by atoms with Crippen LogP contribution in [0, 0.1) is 0 Å². The van der Waals surface area contributed by atoms with Crippen LogP contribution >= 0.6 is 11.3 Å². The fourth-order valence-electron chi connectivity index (χ4n) is 6.25. The van der Waals surface area contributed by atoms with E-state index in [1.165, 1.54) is 52.8 Å². The Morgan fingerprint density at radius 1 is 0.500 bits per heavy atom. The normalized spacial score (nSPS) is 11.5. The average molecular weight is 558 g/mol. The fourth-order valence-corrected chi connectivity index (χ4v) is 7.38. The summed E-state index contributed by atoms with van der Waals surface area (Å²) >= 11 is 1.85. The van der Waals surface area contributed by atoms with Crippen molar-refractivity contribution >= 4 is 70.1 Å². The summed E-state index contributed by atoms with van der Waals surface area (Å²) < 4.78 is 8.13. The third kappa shape index (κ3) is 3.93. The molecule has 0 saturated carbocycles. The number of rotatable bonds is 5. The molecule has 0 N–H and O–H groups in total. The van der Waals surface area contributed by atoms with Crippen molar-refractivity contribution < 1.29 is 4.74 Å². The topological polar surface area (TPSA) is 12.5 Å². The van der Waals surface area contributed by atoms with E-state index in [0.717, 1.165) is 22.8 Å². The SMILES string of the molecule is COc1ccc(N(c2ccc3ccccc3c2-c2cccc3ccccc23)c2cccc3sc4ccccc4c23)cc1. The molecule has 0 saturated heterocycles. The highest BCUT2D eigenvalue weighted by Gasteiger charge is 2.23. The van der Waals surface area contributed by atoms with Crippen molar-refractivity contribution in [2.75, 3.05) is 12.0 Å². The van der Waals surface area contributed by atoms with Gasteiger partial charge in [-0.3, -0.25) is 0 Å². The van der Waals surface area contributed by atoms with Gasteiger partial charge < -0.3 is 9.64 Å². The third-order valence-corrected chi connectivity index (χ3v) is 9.30. The van der Waals surface area contributed by atoms with Gasteiger partial charge in [0, 0.05) is 31.4 Å². The first-order valence-corrected chi connectivity index (χ1v) is 15.0. The Kier molecular flexibility index (Phi) is 5.90. The molecule has 0 radical (unpaired) electrons. The van der Waals surface area contributed by atoms with Crippen LogP contribution < -0.4 is 9.64 Å². The smallest absolute Gasteiger partial charge is 0.119 e. The van der Waals surface area contributed by atoms with E-state index in [0.29, 0.717) is 0 Å². The molecular weight excluding hydrogens is 531 g/mol. The number of anilines is 3. The first-order chi connectivity index (χ1) is 20.8. The number of hydrogen-bond donors (Lipinski definition) is 0. The molecule has 8 rings (SSSR count). The quantitative estimate of drug-likeness (QED) is 0.209. The monoisotopic (exact) mass is 557 g/mol. The van der Waals surface area contributed by atoms with Gasteiger partial charge in [0.1, 0.15) is 5.75 Å². The molecule has 0 unspecified atom stereocenters. The Hall–Kier alpha value is -5.12. The van der Waals surface area contributed by atoms with Crippen LogP contribution in [0.25, 0.3) is 52.8 Å². The van der Waals surface area contributed by atoms with Gasteiger partial charge in [-0.25, -0.2) is 0 Å². The molecule has 0 aliphatic carbocycles.